The van der Waals surface area contributed by atoms with Crippen LogP contribution in [0.15, 0.2) is 194 Å². The molecule has 0 amide bonds. The molecule has 0 aliphatic rings. The Labute approximate surface area is 350 Å². The first-order valence-electron chi connectivity index (χ1n) is 20.3. The minimum Gasteiger partial charge on any atom is -0.309 e. The summed E-state index contributed by atoms with van der Waals surface area (Å²) >= 11 is 0. The molecule has 8 aromatic carbocycles. The van der Waals surface area contributed by atoms with Gasteiger partial charge in [-0.05, 0) is 60.7 Å². The van der Waals surface area contributed by atoms with E-state index in [2.05, 4.69) is 159 Å². The largest absolute Gasteiger partial charge is 0.309 e. The Hall–Kier alpha value is -8.71. The van der Waals surface area contributed by atoms with Crippen molar-refractivity contribution in [3.63, 3.8) is 0 Å². The first-order chi connectivity index (χ1) is 30.2. The zero-order chi connectivity index (χ0) is 40.6. The van der Waals surface area contributed by atoms with Gasteiger partial charge in [-0.1, -0.05) is 133 Å². The first-order valence-corrected chi connectivity index (χ1v) is 20.3. The number of aromatic nitrogens is 4. The second-order valence-electron chi connectivity index (χ2n) is 15.3. The van der Waals surface area contributed by atoms with Crippen LogP contribution in [-0.2, 0) is 0 Å². The lowest BCUT2D eigenvalue weighted by atomic mass is 9.98. The summed E-state index contributed by atoms with van der Waals surface area (Å²) in [5, 5.41) is 29.1. The number of benzene rings is 8. The second kappa shape index (κ2) is 13.4. The van der Waals surface area contributed by atoms with E-state index >= 15 is 0 Å². The Bertz CT molecular complexity index is 3510. The first kappa shape index (κ1) is 34.3. The summed E-state index contributed by atoms with van der Waals surface area (Å²) < 4.78 is 6.64. The fourth-order valence-electron chi connectivity index (χ4n) is 9.60. The molecule has 12 aromatic rings. The standard InChI is InChI=1S/C55H32N6/c56-33-44-36(21-13-29-54(44)60-50-25-9-3-17-40(50)41-18-4-10-26-51(41)60)46-31-35(59-48-23-7-1-15-38(48)39-16-2-8-24-49(39)59)32-47(58-46)37-22-14-30-55(45(37)34-57)61-52-27-11-5-19-42(52)43-20-6-12-28-53(43)61/h1-32H. The van der Waals surface area contributed by atoms with Crippen LogP contribution >= 0.6 is 0 Å². The number of hydrogen-bond donors (Lipinski definition) is 0. The molecular formula is C55H32N6. The number of hydrogen-bond acceptors (Lipinski definition) is 3. The predicted octanol–water partition coefficient (Wildman–Crippen LogP) is 13.5. The summed E-state index contributed by atoms with van der Waals surface area (Å²) in [5.41, 5.74) is 12.2. The monoisotopic (exact) mass is 776 g/mol. The molecule has 282 valence electrons. The summed E-state index contributed by atoms with van der Waals surface area (Å²) in [6.07, 6.45) is 0. The van der Waals surface area contributed by atoms with Crippen molar-refractivity contribution in [3.8, 4) is 51.7 Å². The number of para-hydroxylation sites is 6. The molecule has 0 saturated heterocycles. The molecule has 0 bridgehead atoms. The molecule has 0 spiro atoms. The molecule has 0 aliphatic heterocycles. The van der Waals surface area contributed by atoms with E-state index in [0.717, 1.165) is 82.5 Å². The second-order valence-corrected chi connectivity index (χ2v) is 15.3. The third-order valence-corrected chi connectivity index (χ3v) is 12.2. The smallest absolute Gasteiger partial charge is 0.102 e. The molecule has 6 nitrogen and oxygen atoms in total. The van der Waals surface area contributed by atoms with Crippen LogP contribution in [0, 0.1) is 22.7 Å². The van der Waals surface area contributed by atoms with Gasteiger partial charge in [-0.15, -0.1) is 0 Å². The van der Waals surface area contributed by atoms with Crippen molar-refractivity contribution in [2.75, 3.05) is 0 Å². The summed E-state index contributed by atoms with van der Waals surface area (Å²) in [7, 11) is 0. The van der Waals surface area contributed by atoms with Crippen molar-refractivity contribution in [1.29, 1.82) is 10.5 Å². The third kappa shape index (κ3) is 5.04. The van der Waals surface area contributed by atoms with Crippen molar-refractivity contribution in [2.24, 2.45) is 0 Å². The van der Waals surface area contributed by atoms with Crippen LogP contribution in [0.1, 0.15) is 11.1 Å². The highest BCUT2D eigenvalue weighted by Crippen LogP contribution is 2.40. The Kier molecular flexibility index (Phi) is 7.56. The number of nitrogens with zero attached hydrogens (tertiary/aromatic N) is 6. The van der Waals surface area contributed by atoms with E-state index in [1.54, 1.807) is 0 Å². The topological polar surface area (TPSA) is 75.3 Å². The summed E-state index contributed by atoms with van der Waals surface area (Å²) in [6.45, 7) is 0. The Balaban J connectivity index is 1.16. The molecule has 0 atom stereocenters. The lowest BCUT2D eigenvalue weighted by Crippen LogP contribution is -2.03. The highest BCUT2D eigenvalue weighted by molar-refractivity contribution is 6.11. The van der Waals surface area contributed by atoms with Gasteiger partial charge in [0.15, 0.2) is 0 Å². The molecule has 0 fully saturated rings. The van der Waals surface area contributed by atoms with Crippen molar-refractivity contribution < 1.29 is 0 Å². The quantitative estimate of drug-likeness (QED) is 0.175. The normalized spacial score (nSPS) is 11.6. The van der Waals surface area contributed by atoms with Crippen molar-refractivity contribution in [1.82, 2.24) is 18.7 Å². The highest BCUT2D eigenvalue weighted by Gasteiger charge is 2.23. The lowest BCUT2D eigenvalue weighted by Gasteiger charge is -2.17. The molecule has 0 aliphatic carbocycles. The Morgan fingerprint density at radius 3 is 0.934 bits per heavy atom. The minimum absolute atomic E-state index is 0.506. The SMILES string of the molecule is N#Cc1c(-c2cc(-n3c4ccccc4c4ccccc43)cc(-c3cccc(-n4c5ccccc5c5ccccc54)c3C#N)n2)cccc1-n1c2ccccc2c2ccccc21. The van der Waals surface area contributed by atoms with Crippen LogP contribution in [0.4, 0.5) is 0 Å². The van der Waals surface area contributed by atoms with Gasteiger partial charge in [-0.3, -0.25) is 0 Å². The summed E-state index contributed by atoms with van der Waals surface area (Å²) in [6, 6.07) is 71.6. The van der Waals surface area contributed by atoms with Crippen LogP contribution in [0.2, 0.25) is 0 Å². The fraction of sp³-hybridized carbons (Fsp3) is 0. The molecule has 12 rings (SSSR count). The molecule has 4 heterocycles. The van der Waals surface area contributed by atoms with E-state index in [-0.39, 0.29) is 0 Å². The predicted molar refractivity (Wildman–Crippen MR) is 248 cm³/mol. The van der Waals surface area contributed by atoms with Crippen molar-refractivity contribution in [3.05, 3.63) is 205 Å². The molecule has 0 saturated carbocycles. The maximum atomic E-state index is 11.2. The van der Waals surface area contributed by atoms with Gasteiger partial charge in [0.25, 0.3) is 0 Å². The average molecular weight is 777 g/mol. The van der Waals surface area contributed by atoms with Crippen molar-refractivity contribution >= 4 is 65.4 Å². The average Bonchev–Trinajstić information content (AvgIpc) is 3.97. The number of rotatable bonds is 5. The van der Waals surface area contributed by atoms with Crippen LogP contribution in [0.5, 0.6) is 0 Å². The minimum atomic E-state index is 0.506. The van der Waals surface area contributed by atoms with E-state index in [1.165, 1.54) is 0 Å². The molecule has 0 N–H and O–H groups in total. The van der Waals surface area contributed by atoms with Gasteiger partial charge in [0.05, 0.1) is 72.7 Å². The summed E-state index contributed by atoms with van der Waals surface area (Å²) in [5.74, 6) is 0. The number of pyridine rings is 1. The highest BCUT2D eigenvalue weighted by atomic mass is 15.0. The van der Waals surface area contributed by atoms with E-state index in [1.807, 2.05) is 60.7 Å². The van der Waals surface area contributed by atoms with E-state index in [9.17, 15) is 10.5 Å². The summed E-state index contributed by atoms with van der Waals surface area (Å²) in [4.78, 5) is 5.42. The van der Waals surface area contributed by atoms with Gasteiger partial charge in [0.1, 0.15) is 12.1 Å². The van der Waals surface area contributed by atoms with Gasteiger partial charge >= 0.3 is 0 Å². The molecule has 0 unspecified atom stereocenters. The maximum absolute atomic E-state index is 11.2. The molecular weight excluding hydrogens is 745 g/mol. The molecule has 6 heteroatoms. The van der Waals surface area contributed by atoms with Crippen LogP contribution in [0.25, 0.3) is 105 Å². The Morgan fingerprint density at radius 1 is 0.328 bits per heavy atom. The number of fused-ring (bicyclic) bond motifs is 9. The van der Waals surface area contributed by atoms with Crippen molar-refractivity contribution in [2.45, 2.75) is 0 Å². The molecule has 4 aromatic heterocycles. The van der Waals surface area contributed by atoms with Crippen LogP contribution in [0.3, 0.4) is 0 Å². The zero-order valence-electron chi connectivity index (χ0n) is 32.7. The fourth-order valence-corrected chi connectivity index (χ4v) is 9.60. The van der Waals surface area contributed by atoms with Crippen LogP contribution in [-0.4, -0.2) is 18.7 Å². The van der Waals surface area contributed by atoms with Crippen LogP contribution < -0.4 is 0 Å². The van der Waals surface area contributed by atoms with Gasteiger partial charge in [-0.25, -0.2) is 4.98 Å². The van der Waals surface area contributed by atoms with Gasteiger partial charge in [0.2, 0.25) is 0 Å². The maximum Gasteiger partial charge on any atom is 0.102 e. The molecule has 61 heavy (non-hydrogen) atoms. The van der Waals surface area contributed by atoms with E-state index in [0.29, 0.717) is 33.6 Å². The molecule has 0 radical (unpaired) electrons. The number of nitriles is 2. The lowest BCUT2D eigenvalue weighted by molar-refractivity contribution is 1.14. The van der Waals surface area contributed by atoms with Gasteiger partial charge in [0, 0.05) is 43.4 Å². The van der Waals surface area contributed by atoms with Gasteiger partial charge < -0.3 is 13.7 Å². The van der Waals surface area contributed by atoms with E-state index in [4.69, 9.17) is 4.98 Å². The zero-order valence-corrected chi connectivity index (χ0v) is 32.7. The third-order valence-electron chi connectivity index (χ3n) is 12.2. The van der Waals surface area contributed by atoms with E-state index < -0.39 is 0 Å². The van der Waals surface area contributed by atoms with Gasteiger partial charge in [-0.2, -0.15) is 10.5 Å². The Morgan fingerprint density at radius 2 is 0.623 bits per heavy atom.